The number of aliphatic imine (C=N–C) groups is 1. The van der Waals surface area contributed by atoms with Crippen molar-refractivity contribution in [3.8, 4) is 0 Å². The lowest BCUT2D eigenvalue weighted by Crippen LogP contribution is -2.24. The molecule has 3 nitrogen and oxygen atoms in total. The van der Waals surface area contributed by atoms with E-state index in [0.29, 0.717) is 12.5 Å². The van der Waals surface area contributed by atoms with E-state index in [1.54, 1.807) is 11.3 Å². The van der Waals surface area contributed by atoms with Crippen LogP contribution in [0.15, 0.2) is 59.6 Å². The second-order valence-corrected chi connectivity index (χ2v) is 9.22. The first kappa shape index (κ1) is 20.5. The van der Waals surface area contributed by atoms with Gasteiger partial charge in [0.15, 0.2) is 0 Å². The van der Waals surface area contributed by atoms with Crippen LogP contribution in [0.5, 0.6) is 0 Å². The van der Waals surface area contributed by atoms with Crippen LogP contribution in [0, 0.1) is 0 Å². The van der Waals surface area contributed by atoms with Crippen LogP contribution in [0.4, 0.5) is 5.00 Å². The van der Waals surface area contributed by atoms with E-state index in [4.69, 9.17) is 4.99 Å². The molecule has 1 aliphatic rings. The normalized spacial score (nSPS) is 13.6. The number of nitrogens with zero attached hydrogens (tertiary/aromatic N) is 1. The molecule has 1 amide bonds. The molecule has 0 spiro atoms. The van der Waals surface area contributed by atoms with Crippen molar-refractivity contribution in [2.45, 2.75) is 52.0 Å². The number of nitrogens with one attached hydrogen (secondary N) is 1. The molecule has 0 atom stereocenters. The summed E-state index contributed by atoms with van der Waals surface area (Å²) >= 11 is 1.68. The maximum absolute atomic E-state index is 13.1. The third-order valence-electron chi connectivity index (χ3n) is 5.61. The summed E-state index contributed by atoms with van der Waals surface area (Å²) in [6.07, 6.45) is 6.24. The molecular weight excluding hydrogens is 388 g/mol. The number of amides is 1. The van der Waals surface area contributed by atoms with Gasteiger partial charge in [-0.3, -0.25) is 4.79 Å². The molecule has 30 heavy (non-hydrogen) atoms. The monoisotopic (exact) mass is 416 g/mol. The van der Waals surface area contributed by atoms with E-state index in [1.165, 1.54) is 22.4 Å². The molecule has 0 bridgehead atoms. The summed E-state index contributed by atoms with van der Waals surface area (Å²) in [5, 5.41) is 3.94. The number of fused-ring (bicyclic) bond motifs is 1. The zero-order valence-electron chi connectivity index (χ0n) is 17.7. The molecule has 3 aromatic rings. The Balaban J connectivity index is 1.58. The van der Waals surface area contributed by atoms with Gasteiger partial charge in [0.25, 0.3) is 5.91 Å². The zero-order chi connectivity index (χ0) is 20.9. The summed E-state index contributed by atoms with van der Waals surface area (Å²) in [5.41, 5.74) is 5.46. The maximum atomic E-state index is 13.1. The lowest BCUT2D eigenvalue weighted by Gasteiger charge is -2.12. The van der Waals surface area contributed by atoms with Gasteiger partial charge in [-0.15, -0.1) is 11.3 Å². The van der Waals surface area contributed by atoms with Crippen LogP contribution in [0.3, 0.4) is 0 Å². The summed E-state index contributed by atoms with van der Waals surface area (Å²) in [5.74, 6) is 0.500. The lowest BCUT2D eigenvalue weighted by atomic mass is 9.95. The van der Waals surface area contributed by atoms with Crippen LogP contribution in [-0.2, 0) is 19.4 Å². The molecule has 154 valence electrons. The summed E-state index contributed by atoms with van der Waals surface area (Å²) in [7, 11) is 0. The third-order valence-corrected chi connectivity index (χ3v) is 6.81. The topological polar surface area (TPSA) is 41.5 Å². The molecule has 1 aromatic heterocycles. The Kier molecular flexibility index (Phi) is 6.44. The number of thiophene rings is 1. The van der Waals surface area contributed by atoms with Crippen molar-refractivity contribution < 1.29 is 4.79 Å². The Labute approximate surface area is 182 Å². The smallest absolute Gasteiger partial charge is 0.254 e. The number of carbonyl (C=O) groups is 1. The molecule has 0 fully saturated rings. The number of hydrogen-bond acceptors (Lipinski definition) is 3. The first-order valence-electron chi connectivity index (χ1n) is 10.7. The Bertz CT molecular complexity index is 1030. The van der Waals surface area contributed by atoms with E-state index < -0.39 is 0 Å². The first-order valence-corrected chi connectivity index (χ1v) is 11.5. The van der Waals surface area contributed by atoms with Crippen molar-refractivity contribution in [2.24, 2.45) is 4.99 Å². The van der Waals surface area contributed by atoms with Gasteiger partial charge < -0.3 is 5.32 Å². The van der Waals surface area contributed by atoms with E-state index in [2.05, 4.69) is 43.4 Å². The second-order valence-electron chi connectivity index (χ2n) is 8.14. The number of carbonyl (C=O) groups excluding carboxylic acids is 1. The van der Waals surface area contributed by atoms with Crippen LogP contribution < -0.4 is 5.32 Å². The van der Waals surface area contributed by atoms with E-state index in [9.17, 15) is 4.79 Å². The van der Waals surface area contributed by atoms with Gasteiger partial charge in [-0.05, 0) is 53.9 Å². The predicted molar refractivity (Wildman–Crippen MR) is 126 cm³/mol. The quantitative estimate of drug-likeness (QED) is 0.462. The molecule has 4 heteroatoms. The van der Waals surface area contributed by atoms with Crippen LogP contribution in [0.25, 0.3) is 0 Å². The van der Waals surface area contributed by atoms with Gasteiger partial charge >= 0.3 is 0 Å². The van der Waals surface area contributed by atoms with Gasteiger partial charge in [0, 0.05) is 17.6 Å². The third kappa shape index (κ3) is 4.71. The molecule has 0 saturated carbocycles. The minimum absolute atomic E-state index is 0.0134. The summed E-state index contributed by atoms with van der Waals surface area (Å²) in [4.78, 5) is 19.2. The lowest BCUT2D eigenvalue weighted by molar-refractivity contribution is 0.0951. The van der Waals surface area contributed by atoms with Crippen molar-refractivity contribution in [3.63, 3.8) is 0 Å². The molecule has 0 unspecified atom stereocenters. The highest BCUT2D eigenvalue weighted by molar-refractivity contribution is 7.16. The largest absolute Gasteiger partial charge is 0.348 e. The Morgan fingerprint density at radius 1 is 1.07 bits per heavy atom. The molecule has 0 radical (unpaired) electrons. The highest BCUT2D eigenvalue weighted by Crippen LogP contribution is 2.39. The second kappa shape index (κ2) is 9.40. The fourth-order valence-electron chi connectivity index (χ4n) is 3.84. The minimum Gasteiger partial charge on any atom is -0.348 e. The van der Waals surface area contributed by atoms with Crippen molar-refractivity contribution in [2.75, 3.05) is 0 Å². The number of aryl methyl sites for hydroxylation is 1. The van der Waals surface area contributed by atoms with Crippen molar-refractivity contribution >= 4 is 28.5 Å². The fraction of sp³-hybridized carbons (Fsp3) is 0.308. The standard InChI is InChI=1S/C26H28N2OS/c1-18(2)21-14-12-20(13-15-21)17-28-26-24(22-10-6-7-11-23(22)30-26)25(29)27-16-19-8-4-3-5-9-19/h3-5,8-9,12-15,17-18H,6-7,10-11,16H2,1-2H3,(H,27,29). The van der Waals surface area contributed by atoms with Crippen LogP contribution >= 0.6 is 11.3 Å². The first-order chi connectivity index (χ1) is 14.6. The Morgan fingerprint density at radius 3 is 2.53 bits per heavy atom. The highest BCUT2D eigenvalue weighted by Gasteiger charge is 2.25. The van der Waals surface area contributed by atoms with Crippen molar-refractivity contribution in [1.82, 2.24) is 5.32 Å². The van der Waals surface area contributed by atoms with Crippen LogP contribution in [0.2, 0.25) is 0 Å². The average molecular weight is 417 g/mol. The van der Waals surface area contributed by atoms with Gasteiger partial charge in [0.2, 0.25) is 0 Å². The Morgan fingerprint density at radius 2 is 1.80 bits per heavy atom. The summed E-state index contributed by atoms with van der Waals surface area (Å²) in [6, 6.07) is 18.5. The predicted octanol–water partition coefficient (Wildman–Crippen LogP) is 6.43. The van der Waals surface area contributed by atoms with Gasteiger partial charge in [0.1, 0.15) is 5.00 Å². The fourth-order valence-corrected chi connectivity index (χ4v) is 5.07. The molecule has 1 heterocycles. The van der Waals surface area contributed by atoms with Gasteiger partial charge in [-0.2, -0.15) is 0 Å². The summed E-state index contributed by atoms with van der Waals surface area (Å²) < 4.78 is 0. The van der Waals surface area contributed by atoms with Gasteiger partial charge in [-0.25, -0.2) is 4.99 Å². The van der Waals surface area contributed by atoms with E-state index in [1.807, 2.05) is 36.5 Å². The molecular formula is C26H28N2OS. The van der Waals surface area contributed by atoms with Gasteiger partial charge in [0.05, 0.1) is 5.56 Å². The summed E-state index contributed by atoms with van der Waals surface area (Å²) in [6.45, 7) is 4.92. The minimum atomic E-state index is -0.0134. The van der Waals surface area contributed by atoms with Crippen molar-refractivity contribution in [1.29, 1.82) is 0 Å². The number of rotatable bonds is 6. The average Bonchev–Trinajstić information content (AvgIpc) is 3.15. The highest BCUT2D eigenvalue weighted by atomic mass is 32.1. The molecule has 1 aliphatic carbocycles. The van der Waals surface area contributed by atoms with Crippen LogP contribution in [0.1, 0.15) is 70.1 Å². The SMILES string of the molecule is CC(C)c1ccc(C=Nc2sc3c(c2C(=O)NCc2ccccc2)CCCC3)cc1. The number of hydrogen-bond donors (Lipinski definition) is 1. The molecule has 0 saturated heterocycles. The van der Waals surface area contributed by atoms with Crippen molar-refractivity contribution in [3.05, 3.63) is 87.3 Å². The molecule has 2 aromatic carbocycles. The molecule has 4 rings (SSSR count). The van der Waals surface area contributed by atoms with Crippen LogP contribution in [-0.4, -0.2) is 12.1 Å². The van der Waals surface area contributed by atoms with Gasteiger partial charge in [-0.1, -0.05) is 68.4 Å². The van der Waals surface area contributed by atoms with E-state index in [0.717, 1.165) is 41.0 Å². The molecule has 0 aliphatic heterocycles. The Hall–Kier alpha value is -2.72. The zero-order valence-corrected chi connectivity index (χ0v) is 18.5. The van der Waals surface area contributed by atoms with E-state index >= 15 is 0 Å². The van der Waals surface area contributed by atoms with E-state index in [-0.39, 0.29) is 5.91 Å². The maximum Gasteiger partial charge on any atom is 0.254 e. The molecule has 1 N–H and O–H groups in total. The number of benzene rings is 2.